The van der Waals surface area contributed by atoms with Gasteiger partial charge in [-0.25, -0.2) is 9.48 Å². The van der Waals surface area contributed by atoms with Gasteiger partial charge in [-0.2, -0.15) is 5.10 Å². The first-order valence-electron chi connectivity index (χ1n) is 8.31. The monoisotopic (exact) mass is 400 g/mol. The highest BCUT2D eigenvalue weighted by Crippen LogP contribution is 2.32. The molecule has 0 saturated heterocycles. The topological polar surface area (TPSA) is 99.3 Å². The summed E-state index contributed by atoms with van der Waals surface area (Å²) < 4.78 is 6.36. The predicted molar refractivity (Wildman–Crippen MR) is 105 cm³/mol. The zero-order chi connectivity index (χ0) is 20.3. The minimum Gasteiger partial charge on any atom is -0.465 e. The van der Waals surface area contributed by atoms with E-state index in [1.165, 1.54) is 13.2 Å². The number of hydrogen-bond acceptors (Lipinski definition) is 6. The van der Waals surface area contributed by atoms with E-state index in [1.807, 2.05) is 43.5 Å². The Kier molecular flexibility index (Phi) is 5.60. The molecule has 9 heteroatoms. The Bertz CT molecular complexity index is 1050. The molecule has 0 amide bonds. The van der Waals surface area contributed by atoms with E-state index in [0.717, 1.165) is 23.0 Å². The number of carbonyl (C=O) groups is 1. The fourth-order valence-electron chi connectivity index (χ4n) is 2.74. The van der Waals surface area contributed by atoms with Crippen LogP contribution in [0.3, 0.4) is 0 Å². The predicted octanol–water partition coefficient (Wildman–Crippen LogP) is 4.14. The molecule has 1 heterocycles. The molecule has 0 aliphatic carbocycles. The standard InChI is InChI=1S/C19H17ClN4O4/c1-12-7-8-23(22-12)17-6-4-3-5-13(17)11-21-16-10-15(20)14(19(25)28-2)9-18(16)24(26)27/h3-10,21H,11H2,1-2H3. The number of rotatable bonds is 6. The van der Waals surface area contributed by atoms with Crippen LogP contribution in [0, 0.1) is 17.0 Å². The van der Waals surface area contributed by atoms with Gasteiger partial charge in [0.25, 0.3) is 5.69 Å². The van der Waals surface area contributed by atoms with Crippen LogP contribution in [-0.2, 0) is 11.3 Å². The number of carbonyl (C=O) groups excluding carboxylic acids is 1. The first-order valence-corrected chi connectivity index (χ1v) is 8.69. The second-order valence-electron chi connectivity index (χ2n) is 5.98. The highest BCUT2D eigenvalue weighted by Gasteiger charge is 2.22. The van der Waals surface area contributed by atoms with Gasteiger partial charge in [0.05, 0.1) is 34.0 Å². The quantitative estimate of drug-likeness (QED) is 0.379. The third-order valence-electron chi connectivity index (χ3n) is 4.12. The van der Waals surface area contributed by atoms with Gasteiger partial charge in [0, 0.05) is 18.8 Å². The van der Waals surface area contributed by atoms with Crippen LogP contribution in [-0.4, -0.2) is 27.8 Å². The van der Waals surface area contributed by atoms with Crippen molar-refractivity contribution in [1.29, 1.82) is 0 Å². The number of benzene rings is 2. The van der Waals surface area contributed by atoms with Crippen molar-refractivity contribution < 1.29 is 14.5 Å². The van der Waals surface area contributed by atoms with Crippen molar-refractivity contribution in [2.24, 2.45) is 0 Å². The van der Waals surface area contributed by atoms with E-state index in [9.17, 15) is 14.9 Å². The third kappa shape index (κ3) is 3.96. The SMILES string of the molecule is COC(=O)c1cc([N+](=O)[O-])c(NCc2ccccc2-n2ccc(C)n2)cc1Cl. The Morgan fingerprint density at radius 2 is 2.07 bits per heavy atom. The molecule has 2 aromatic carbocycles. The van der Waals surface area contributed by atoms with Crippen LogP contribution >= 0.6 is 11.6 Å². The van der Waals surface area contributed by atoms with Gasteiger partial charge >= 0.3 is 5.97 Å². The maximum atomic E-state index is 11.7. The molecule has 3 rings (SSSR count). The summed E-state index contributed by atoms with van der Waals surface area (Å²) in [5, 5.41) is 19.0. The number of halogens is 1. The number of esters is 1. The molecule has 0 bridgehead atoms. The molecule has 0 spiro atoms. The molecule has 1 aromatic heterocycles. The number of aryl methyl sites for hydroxylation is 1. The molecule has 0 fully saturated rings. The van der Waals surface area contributed by atoms with Gasteiger partial charge in [-0.15, -0.1) is 0 Å². The molecule has 0 radical (unpaired) electrons. The van der Waals surface area contributed by atoms with Crippen LogP contribution in [0.1, 0.15) is 21.6 Å². The second-order valence-corrected chi connectivity index (χ2v) is 6.39. The molecule has 28 heavy (non-hydrogen) atoms. The zero-order valence-electron chi connectivity index (χ0n) is 15.2. The number of nitrogens with one attached hydrogen (secondary N) is 1. The summed E-state index contributed by atoms with van der Waals surface area (Å²) in [5.74, 6) is -0.737. The Morgan fingerprint density at radius 1 is 1.32 bits per heavy atom. The number of nitrogens with zero attached hydrogens (tertiary/aromatic N) is 3. The average molecular weight is 401 g/mol. The first kappa shape index (κ1) is 19.4. The van der Waals surface area contributed by atoms with Crippen molar-refractivity contribution in [2.75, 3.05) is 12.4 Å². The molecule has 8 nitrogen and oxygen atoms in total. The van der Waals surface area contributed by atoms with Crippen LogP contribution in [0.25, 0.3) is 5.69 Å². The number of hydrogen-bond donors (Lipinski definition) is 1. The number of nitro groups is 1. The summed E-state index contributed by atoms with van der Waals surface area (Å²) in [4.78, 5) is 22.6. The van der Waals surface area contributed by atoms with E-state index in [1.54, 1.807) is 4.68 Å². The second kappa shape index (κ2) is 8.10. The maximum absolute atomic E-state index is 11.7. The molecule has 0 unspecified atom stereocenters. The summed E-state index contributed by atoms with van der Waals surface area (Å²) in [6, 6.07) is 11.9. The Balaban J connectivity index is 1.92. The molecule has 144 valence electrons. The molecular formula is C19H17ClN4O4. The number of anilines is 1. The Morgan fingerprint density at radius 3 is 2.71 bits per heavy atom. The summed E-state index contributed by atoms with van der Waals surface area (Å²) in [6.07, 6.45) is 1.85. The van der Waals surface area contributed by atoms with Crippen molar-refractivity contribution in [3.63, 3.8) is 0 Å². The van der Waals surface area contributed by atoms with Crippen molar-refractivity contribution in [2.45, 2.75) is 13.5 Å². The van der Waals surface area contributed by atoms with Gasteiger partial charge in [-0.3, -0.25) is 10.1 Å². The molecular weight excluding hydrogens is 384 g/mol. The van der Waals surface area contributed by atoms with E-state index in [-0.39, 0.29) is 22.0 Å². The molecule has 0 aliphatic rings. The summed E-state index contributed by atoms with van der Waals surface area (Å²) >= 11 is 6.11. The molecule has 0 atom stereocenters. The highest BCUT2D eigenvalue weighted by atomic mass is 35.5. The number of methoxy groups -OCH3 is 1. The lowest BCUT2D eigenvalue weighted by Gasteiger charge is -2.13. The van der Waals surface area contributed by atoms with Crippen LogP contribution in [0.4, 0.5) is 11.4 Å². The smallest absolute Gasteiger partial charge is 0.339 e. The average Bonchev–Trinajstić information content (AvgIpc) is 3.12. The summed E-state index contributed by atoms with van der Waals surface area (Å²) in [5.41, 5.74) is 2.49. The van der Waals surface area contributed by atoms with Crippen LogP contribution in [0.5, 0.6) is 0 Å². The Hall–Kier alpha value is -3.39. The van der Waals surface area contributed by atoms with E-state index < -0.39 is 10.9 Å². The molecule has 0 aliphatic heterocycles. The van der Waals surface area contributed by atoms with Gasteiger partial charge in [-0.05, 0) is 30.7 Å². The van der Waals surface area contributed by atoms with Gasteiger partial charge in [-0.1, -0.05) is 29.8 Å². The summed E-state index contributed by atoms with van der Waals surface area (Å²) in [7, 11) is 1.19. The zero-order valence-corrected chi connectivity index (χ0v) is 15.9. The number of aromatic nitrogens is 2. The van der Waals surface area contributed by atoms with Crippen LogP contribution in [0.15, 0.2) is 48.7 Å². The van der Waals surface area contributed by atoms with Gasteiger partial charge in [0.15, 0.2) is 0 Å². The van der Waals surface area contributed by atoms with E-state index in [0.29, 0.717) is 6.54 Å². The van der Waals surface area contributed by atoms with Crippen molar-refractivity contribution >= 4 is 28.9 Å². The van der Waals surface area contributed by atoms with E-state index in [2.05, 4.69) is 15.2 Å². The van der Waals surface area contributed by atoms with Crippen molar-refractivity contribution in [3.8, 4) is 5.69 Å². The maximum Gasteiger partial charge on any atom is 0.339 e. The number of para-hydroxylation sites is 1. The van der Waals surface area contributed by atoms with Crippen molar-refractivity contribution in [3.05, 3.63) is 80.6 Å². The van der Waals surface area contributed by atoms with E-state index >= 15 is 0 Å². The van der Waals surface area contributed by atoms with Gasteiger partial charge in [0.2, 0.25) is 0 Å². The molecule has 3 aromatic rings. The minimum atomic E-state index is -0.737. The van der Waals surface area contributed by atoms with E-state index in [4.69, 9.17) is 11.6 Å². The fourth-order valence-corrected chi connectivity index (χ4v) is 2.99. The largest absolute Gasteiger partial charge is 0.465 e. The Labute approximate surface area is 165 Å². The van der Waals surface area contributed by atoms with Gasteiger partial charge < -0.3 is 10.1 Å². The minimum absolute atomic E-state index is 0.0613. The number of ether oxygens (including phenoxy) is 1. The highest BCUT2D eigenvalue weighted by molar-refractivity contribution is 6.34. The first-order chi connectivity index (χ1) is 13.4. The lowest BCUT2D eigenvalue weighted by molar-refractivity contribution is -0.384. The van der Waals surface area contributed by atoms with Gasteiger partial charge in [0.1, 0.15) is 5.69 Å². The summed E-state index contributed by atoms with van der Waals surface area (Å²) in [6.45, 7) is 2.19. The third-order valence-corrected chi connectivity index (χ3v) is 4.43. The lowest BCUT2D eigenvalue weighted by Crippen LogP contribution is -2.09. The van der Waals surface area contributed by atoms with Crippen LogP contribution < -0.4 is 5.32 Å². The lowest BCUT2D eigenvalue weighted by atomic mass is 10.1. The fraction of sp³-hybridized carbons (Fsp3) is 0.158. The van der Waals surface area contributed by atoms with Crippen molar-refractivity contribution in [1.82, 2.24) is 9.78 Å². The van der Waals surface area contributed by atoms with Crippen LogP contribution in [0.2, 0.25) is 5.02 Å². The molecule has 1 N–H and O–H groups in total. The molecule has 0 saturated carbocycles. The number of nitro benzene ring substituents is 1. The normalized spacial score (nSPS) is 10.5.